The molecule has 1 saturated heterocycles. The lowest BCUT2D eigenvalue weighted by molar-refractivity contribution is -0.134. The quantitative estimate of drug-likeness (QED) is 0.894. The molecule has 2 heterocycles. The van der Waals surface area contributed by atoms with E-state index in [2.05, 4.69) is 41.4 Å². The second kappa shape index (κ2) is 8.22. The molecule has 1 aromatic heterocycles. The molecule has 1 aliphatic heterocycles. The van der Waals surface area contributed by atoms with Crippen molar-refractivity contribution in [2.45, 2.75) is 46.2 Å². The van der Waals surface area contributed by atoms with Gasteiger partial charge in [0, 0.05) is 38.1 Å². The van der Waals surface area contributed by atoms with Gasteiger partial charge in [0.25, 0.3) is 0 Å². The zero-order chi connectivity index (χ0) is 16.9. The molecule has 0 bridgehead atoms. The number of nitrogens with zero attached hydrogens (tertiary/aromatic N) is 3. The van der Waals surface area contributed by atoms with Gasteiger partial charge >= 0.3 is 0 Å². The third-order valence-corrected chi connectivity index (χ3v) is 4.87. The number of carbonyl (C=O) groups excluding carboxylic acids is 1. The largest absolute Gasteiger partial charge is 0.340 e. The van der Waals surface area contributed by atoms with Gasteiger partial charge in [0.05, 0.1) is 17.2 Å². The molecule has 0 aliphatic carbocycles. The predicted octanol–water partition coefficient (Wildman–Crippen LogP) is 2.20. The summed E-state index contributed by atoms with van der Waals surface area (Å²) in [5.74, 6) is 0.248. The van der Waals surface area contributed by atoms with Crippen molar-refractivity contribution in [2.24, 2.45) is 5.41 Å². The van der Waals surface area contributed by atoms with Crippen molar-refractivity contribution in [3.63, 3.8) is 0 Å². The average molecular weight is 339 g/mol. The van der Waals surface area contributed by atoms with Crippen LogP contribution in [0.1, 0.15) is 39.3 Å². The predicted molar refractivity (Wildman–Crippen MR) is 95.5 cm³/mol. The number of thiazole rings is 1. The standard InChI is InChI=1S/C17H30N4OS/c1-17(2,3)10-15(18-4)16(22)21-7-5-6-20(8-9-21)11-14-12-23-13-19-14/h12-13,15,18H,5-11H2,1-4H3. The first-order valence-electron chi connectivity index (χ1n) is 8.44. The Balaban J connectivity index is 1.89. The number of aromatic nitrogens is 1. The summed E-state index contributed by atoms with van der Waals surface area (Å²) in [5.41, 5.74) is 3.16. The van der Waals surface area contributed by atoms with Crippen LogP contribution in [0.25, 0.3) is 0 Å². The number of carbonyl (C=O) groups is 1. The number of nitrogens with one attached hydrogen (secondary N) is 1. The summed E-state index contributed by atoms with van der Waals surface area (Å²) in [4.78, 5) is 21.6. The zero-order valence-corrected chi connectivity index (χ0v) is 15.7. The molecule has 1 atom stereocenters. The Morgan fingerprint density at radius 1 is 1.35 bits per heavy atom. The van der Waals surface area contributed by atoms with E-state index in [9.17, 15) is 4.79 Å². The first kappa shape index (κ1) is 18.4. The number of likely N-dealkylation sites (N-methyl/N-ethyl adjacent to an activating group) is 1. The lowest BCUT2D eigenvalue weighted by Crippen LogP contribution is -2.48. The first-order valence-corrected chi connectivity index (χ1v) is 9.39. The van der Waals surface area contributed by atoms with Crippen LogP contribution in [-0.2, 0) is 11.3 Å². The van der Waals surface area contributed by atoms with E-state index in [4.69, 9.17) is 0 Å². The van der Waals surface area contributed by atoms with E-state index >= 15 is 0 Å². The first-order chi connectivity index (χ1) is 10.9. The highest BCUT2D eigenvalue weighted by Gasteiger charge is 2.28. The van der Waals surface area contributed by atoms with Gasteiger partial charge in [0.15, 0.2) is 0 Å². The summed E-state index contributed by atoms with van der Waals surface area (Å²) in [7, 11) is 1.89. The number of rotatable bonds is 5. The van der Waals surface area contributed by atoms with E-state index < -0.39 is 0 Å². The minimum absolute atomic E-state index is 0.0832. The Kier molecular flexibility index (Phi) is 6.56. The van der Waals surface area contributed by atoms with Gasteiger partial charge in [-0.3, -0.25) is 9.69 Å². The molecule has 1 N–H and O–H groups in total. The number of amides is 1. The van der Waals surface area contributed by atoms with Crippen molar-refractivity contribution in [1.82, 2.24) is 20.1 Å². The Hall–Kier alpha value is -0.980. The molecule has 6 heteroatoms. The Bertz CT molecular complexity index is 483. The Labute approximate surface area is 144 Å². The fraction of sp³-hybridized carbons (Fsp3) is 0.765. The van der Waals surface area contributed by atoms with Crippen molar-refractivity contribution in [3.05, 3.63) is 16.6 Å². The maximum Gasteiger partial charge on any atom is 0.239 e. The normalized spacial score (nSPS) is 18.7. The molecule has 1 unspecified atom stereocenters. The lowest BCUT2D eigenvalue weighted by Gasteiger charge is -2.30. The summed E-state index contributed by atoms with van der Waals surface area (Å²) >= 11 is 1.64. The zero-order valence-electron chi connectivity index (χ0n) is 14.8. The van der Waals surface area contributed by atoms with Crippen LogP contribution in [0.15, 0.2) is 10.9 Å². The van der Waals surface area contributed by atoms with Crippen molar-refractivity contribution in [2.75, 3.05) is 33.2 Å². The van der Waals surface area contributed by atoms with Crippen LogP contribution in [0.4, 0.5) is 0 Å². The second-order valence-corrected chi connectivity index (χ2v) is 8.26. The number of hydrogen-bond acceptors (Lipinski definition) is 5. The lowest BCUT2D eigenvalue weighted by atomic mass is 9.87. The van der Waals surface area contributed by atoms with Gasteiger partial charge < -0.3 is 10.2 Å². The topological polar surface area (TPSA) is 48.5 Å². The van der Waals surface area contributed by atoms with Crippen LogP contribution in [-0.4, -0.2) is 60.0 Å². The summed E-state index contributed by atoms with van der Waals surface area (Å²) < 4.78 is 0. The molecule has 0 spiro atoms. The SMILES string of the molecule is CNC(CC(C)(C)C)C(=O)N1CCCN(Cc2cscn2)CC1. The van der Waals surface area contributed by atoms with E-state index in [0.717, 1.165) is 51.3 Å². The molecular weight excluding hydrogens is 308 g/mol. The van der Waals surface area contributed by atoms with Crippen LogP contribution in [0.2, 0.25) is 0 Å². The van der Waals surface area contributed by atoms with Crippen molar-refractivity contribution < 1.29 is 4.79 Å². The fourth-order valence-corrected chi connectivity index (χ4v) is 3.59. The van der Waals surface area contributed by atoms with E-state index in [1.807, 2.05) is 17.5 Å². The summed E-state index contributed by atoms with van der Waals surface area (Å²) in [6.07, 6.45) is 1.89. The van der Waals surface area contributed by atoms with Crippen molar-refractivity contribution in [3.8, 4) is 0 Å². The van der Waals surface area contributed by atoms with Gasteiger partial charge in [-0.1, -0.05) is 20.8 Å². The molecule has 130 valence electrons. The monoisotopic (exact) mass is 338 g/mol. The van der Waals surface area contributed by atoms with Gasteiger partial charge in [0.1, 0.15) is 0 Å². The maximum absolute atomic E-state index is 12.8. The molecular formula is C17H30N4OS. The molecule has 1 fully saturated rings. The average Bonchev–Trinajstić information content (AvgIpc) is 2.88. The minimum atomic E-state index is -0.0832. The molecule has 1 aromatic rings. The highest BCUT2D eigenvalue weighted by molar-refractivity contribution is 7.07. The maximum atomic E-state index is 12.8. The molecule has 0 aromatic carbocycles. The van der Waals surface area contributed by atoms with Gasteiger partial charge in [-0.15, -0.1) is 11.3 Å². The van der Waals surface area contributed by atoms with E-state index in [-0.39, 0.29) is 17.4 Å². The Morgan fingerprint density at radius 2 is 2.13 bits per heavy atom. The third kappa shape index (κ3) is 5.86. The molecule has 23 heavy (non-hydrogen) atoms. The summed E-state index contributed by atoms with van der Waals surface area (Å²) in [6, 6.07) is -0.0832. The van der Waals surface area contributed by atoms with Crippen LogP contribution < -0.4 is 5.32 Å². The molecule has 2 rings (SSSR count). The van der Waals surface area contributed by atoms with Crippen LogP contribution in [0.5, 0.6) is 0 Å². The fourth-order valence-electron chi connectivity index (χ4n) is 3.04. The van der Waals surface area contributed by atoms with Crippen LogP contribution in [0.3, 0.4) is 0 Å². The highest BCUT2D eigenvalue weighted by atomic mass is 32.1. The summed E-state index contributed by atoms with van der Waals surface area (Å²) in [5, 5.41) is 5.32. The second-order valence-electron chi connectivity index (χ2n) is 7.54. The van der Waals surface area contributed by atoms with Gasteiger partial charge in [-0.25, -0.2) is 4.98 Å². The van der Waals surface area contributed by atoms with E-state index in [1.54, 1.807) is 11.3 Å². The highest BCUT2D eigenvalue weighted by Crippen LogP contribution is 2.22. The molecule has 0 saturated carbocycles. The van der Waals surface area contributed by atoms with E-state index in [1.165, 1.54) is 0 Å². The number of hydrogen-bond donors (Lipinski definition) is 1. The van der Waals surface area contributed by atoms with E-state index in [0.29, 0.717) is 0 Å². The molecule has 1 amide bonds. The van der Waals surface area contributed by atoms with Crippen molar-refractivity contribution >= 4 is 17.2 Å². The summed E-state index contributed by atoms with van der Waals surface area (Å²) in [6.45, 7) is 11.1. The van der Waals surface area contributed by atoms with Gasteiger partial charge in [-0.2, -0.15) is 0 Å². The smallest absolute Gasteiger partial charge is 0.239 e. The van der Waals surface area contributed by atoms with Crippen molar-refractivity contribution in [1.29, 1.82) is 0 Å². The van der Waals surface area contributed by atoms with Crippen LogP contribution >= 0.6 is 11.3 Å². The Morgan fingerprint density at radius 3 is 2.74 bits per heavy atom. The van der Waals surface area contributed by atoms with Crippen LogP contribution in [0, 0.1) is 5.41 Å². The molecule has 1 aliphatic rings. The van der Waals surface area contributed by atoms with Gasteiger partial charge in [-0.05, 0) is 25.3 Å². The van der Waals surface area contributed by atoms with Gasteiger partial charge in [0.2, 0.25) is 5.91 Å². The molecule has 5 nitrogen and oxygen atoms in total. The third-order valence-electron chi connectivity index (χ3n) is 4.23. The molecule has 0 radical (unpaired) electrons. The minimum Gasteiger partial charge on any atom is -0.340 e.